The molecule has 0 saturated carbocycles. The van der Waals surface area contributed by atoms with Gasteiger partial charge in [0.1, 0.15) is 5.69 Å². The minimum atomic E-state index is -0.349. The first-order valence-electron chi connectivity index (χ1n) is 12.0. The van der Waals surface area contributed by atoms with E-state index in [2.05, 4.69) is 21.9 Å². The van der Waals surface area contributed by atoms with Crippen LogP contribution in [0.4, 0.5) is 5.69 Å². The maximum absolute atomic E-state index is 13.1. The molecular formula is C28H30N4O4. The first kappa shape index (κ1) is 25.1. The summed E-state index contributed by atoms with van der Waals surface area (Å²) in [4.78, 5) is 25.5. The quantitative estimate of drug-likeness (QED) is 0.507. The van der Waals surface area contributed by atoms with Gasteiger partial charge in [0.05, 0.1) is 17.7 Å². The van der Waals surface area contributed by atoms with Crippen LogP contribution in [0.15, 0.2) is 47.0 Å². The van der Waals surface area contributed by atoms with Gasteiger partial charge >= 0.3 is 0 Å². The second-order valence-electron chi connectivity index (χ2n) is 10.1. The maximum Gasteiger partial charge on any atom is 0.290 e. The van der Waals surface area contributed by atoms with E-state index < -0.39 is 0 Å². The van der Waals surface area contributed by atoms with Gasteiger partial charge in [0.2, 0.25) is 5.76 Å². The van der Waals surface area contributed by atoms with Gasteiger partial charge in [-0.15, -0.1) is 0 Å². The van der Waals surface area contributed by atoms with E-state index in [-0.39, 0.29) is 29.1 Å². The van der Waals surface area contributed by atoms with Crippen LogP contribution in [0.25, 0.3) is 11.3 Å². The van der Waals surface area contributed by atoms with Crippen LogP contribution in [0.3, 0.4) is 0 Å². The molecule has 8 nitrogen and oxygen atoms in total. The Morgan fingerprint density at radius 2 is 1.94 bits per heavy atom. The second-order valence-corrected chi connectivity index (χ2v) is 10.1. The van der Waals surface area contributed by atoms with E-state index in [1.165, 1.54) is 0 Å². The molecular weight excluding hydrogens is 456 g/mol. The zero-order chi connectivity index (χ0) is 25.9. The Morgan fingerprint density at radius 1 is 1.14 bits per heavy atom. The van der Waals surface area contributed by atoms with E-state index >= 15 is 0 Å². The normalized spacial score (nSPS) is 15.4. The lowest BCUT2D eigenvalue weighted by Crippen LogP contribution is -2.31. The summed E-state index contributed by atoms with van der Waals surface area (Å²) in [6.07, 6.45) is 1.96. The fourth-order valence-electron chi connectivity index (χ4n) is 4.04. The Morgan fingerprint density at radius 3 is 2.64 bits per heavy atom. The van der Waals surface area contributed by atoms with E-state index in [4.69, 9.17) is 9.26 Å². The summed E-state index contributed by atoms with van der Waals surface area (Å²) in [5, 5.41) is 19.2. The Kier molecular flexibility index (Phi) is 7.22. The van der Waals surface area contributed by atoms with E-state index in [9.17, 15) is 14.9 Å². The number of nitrogens with one attached hydrogen (secondary N) is 2. The van der Waals surface area contributed by atoms with Crippen LogP contribution in [0.5, 0.6) is 0 Å². The molecule has 1 aromatic heterocycles. The van der Waals surface area contributed by atoms with Crippen LogP contribution in [-0.4, -0.2) is 36.2 Å². The molecule has 0 bridgehead atoms. The van der Waals surface area contributed by atoms with E-state index in [1.54, 1.807) is 30.3 Å². The van der Waals surface area contributed by atoms with Gasteiger partial charge in [-0.05, 0) is 66.6 Å². The molecule has 1 saturated heterocycles. The molecule has 1 atom stereocenters. The van der Waals surface area contributed by atoms with Crippen molar-refractivity contribution in [2.24, 2.45) is 0 Å². The molecule has 1 unspecified atom stereocenters. The summed E-state index contributed by atoms with van der Waals surface area (Å²) in [6, 6.07) is 14.4. The van der Waals surface area contributed by atoms with Crippen molar-refractivity contribution < 1.29 is 18.8 Å². The molecule has 2 N–H and O–H groups in total. The molecule has 1 aliphatic rings. The number of benzene rings is 2. The highest BCUT2D eigenvalue weighted by Crippen LogP contribution is 2.28. The molecule has 186 valence electrons. The minimum Gasteiger partial charge on any atom is -0.376 e. The summed E-state index contributed by atoms with van der Waals surface area (Å²) >= 11 is 0. The van der Waals surface area contributed by atoms with Crippen molar-refractivity contribution in [2.75, 3.05) is 18.5 Å². The highest BCUT2D eigenvalue weighted by Gasteiger charge is 2.21. The Balaban J connectivity index is 1.51. The second kappa shape index (κ2) is 10.3. The zero-order valence-electron chi connectivity index (χ0n) is 21.0. The number of anilines is 1. The molecule has 2 heterocycles. The van der Waals surface area contributed by atoms with Crippen molar-refractivity contribution in [3.05, 3.63) is 70.5 Å². The number of carbonyl (C=O) groups is 2. The lowest BCUT2D eigenvalue weighted by molar-refractivity contribution is 0.0827. The molecule has 0 spiro atoms. The summed E-state index contributed by atoms with van der Waals surface area (Å²) < 4.78 is 10.8. The number of nitrogens with zero attached hydrogens (tertiary/aromatic N) is 2. The SMILES string of the molecule is Cc1ccc(NC(=O)c2cc(C#N)cc(C(C)(C)C)c2)cc1-c1cc(C(=O)NCC2CCCO2)on1. The molecule has 0 radical (unpaired) electrons. The molecule has 8 heteroatoms. The van der Waals surface area contributed by atoms with Gasteiger partial charge in [0.15, 0.2) is 0 Å². The van der Waals surface area contributed by atoms with Crippen LogP contribution < -0.4 is 10.6 Å². The number of hydrogen-bond donors (Lipinski definition) is 2. The zero-order valence-corrected chi connectivity index (χ0v) is 21.0. The van der Waals surface area contributed by atoms with E-state index in [1.807, 2.05) is 39.8 Å². The monoisotopic (exact) mass is 486 g/mol. The first-order chi connectivity index (χ1) is 17.1. The molecule has 2 amide bonds. The molecule has 0 aliphatic carbocycles. The number of hydrogen-bond acceptors (Lipinski definition) is 6. The minimum absolute atomic E-state index is 0.0345. The average molecular weight is 487 g/mol. The summed E-state index contributed by atoms with van der Waals surface area (Å²) in [5.41, 5.74) is 4.24. The van der Waals surface area contributed by atoms with Crippen molar-refractivity contribution in [2.45, 2.75) is 52.1 Å². The molecule has 1 fully saturated rings. The van der Waals surface area contributed by atoms with Crippen LogP contribution in [0, 0.1) is 18.3 Å². The van der Waals surface area contributed by atoms with Crippen molar-refractivity contribution in [1.29, 1.82) is 5.26 Å². The van der Waals surface area contributed by atoms with Crippen LogP contribution >= 0.6 is 0 Å². The van der Waals surface area contributed by atoms with Gasteiger partial charge in [-0.2, -0.15) is 5.26 Å². The van der Waals surface area contributed by atoms with Gasteiger partial charge in [0.25, 0.3) is 11.8 Å². The van der Waals surface area contributed by atoms with Crippen molar-refractivity contribution in [3.8, 4) is 17.3 Å². The predicted octanol–water partition coefficient (Wildman–Crippen LogP) is 4.98. The third-order valence-corrected chi connectivity index (χ3v) is 6.21. The number of ether oxygens (including phenoxy) is 1. The smallest absolute Gasteiger partial charge is 0.290 e. The average Bonchev–Trinajstić information content (AvgIpc) is 3.55. The Labute approximate surface area is 210 Å². The fraction of sp³-hybridized carbons (Fsp3) is 0.357. The van der Waals surface area contributed by atoms with Crippen molar-refractivity contribution >= 4 is 17.5 Å². The van der Waals surface area contributed by atoms with Crippen molar-refractivity contribution in [1.82, 2.24) is 10.5 Å². The van der Waals surface area contributed by atoms with Crippen molar-refractivity contribution in [3.63, 3.8) is 0 Å². The van der Waals surface area contributed by atoms with Gasteiger partial charge in [0, 0.05) is 36.0 Å². The highest BCUT2D eigenvalue weighted by atomic mass is 16.5. The van der Waals surface area contributed by atoms with Crippen LogP contribution in [-0.2, 0) is 10.2 Å². The predicted molar refractivity (Wildman–Crippen MR) is 136 cm³/mol. The number of amides is 2. The molecule has 2 aromatic carbocycles. The van der Waals surface area contributed by atoms with Gasteiger partial charge in [-0.1, -0.05) is 32.0 Å². The van der Waals surface area contributed by atoms with Gasteiger partial charge < -0.3 is 19.9 Å². The lowest BCUT2D eigenvalue weighted by Gasteiger charge is -2.20. The number of nitriles is 1. The third kappa shape index (κ3) is 5.81. The lowest BCUT2D eigenvalue weighted by atomic mass is 9.85. The molecule has 3 aromatic rings. The fourth-order valence-corrected chi connectivity index (χ4v) is 4.04. The van der Waals surface area contributed by atoms with Crippen LogP contribution in [0.1, 0.15) is 71.2 Å². The number of carbonyl (C=O) groups excluding carboxylic acids is 2. The van der Waals surface area contributed by atoms with E-state index in [0.717, 1.165) is 36.1 Å². The molecule has 4 rings (SSSR count). The maximum atomic E-state index is 13.1. The number of aromatic nitrogens is 1. The number of aryl methyl sites for hydroxylation is 1. The van der Waals surface area contributed by atoms with E-state index in [0.29, 0.717) is 29.1 Å². The largest absolute Gasteiger partial charge is 0.376 e. The third-order valence-electron chi connectivity index (χ3n) is 6.21. The summed E-state index contributed by atoms with van der Waals surface area (Å²) in [5.74, 6) is -0.556. The Bertz CT molecular complexity index is 1320. The number of rotatable bonds is 6. The summed E-state index contributed by atoms with van der Waals surface area (Å²) in [6.45, 7) is 9.17. The first-order valence-corrected chi connectivity index (χ1v) is 12.0. The molecule has 36 heavy (non-hydrogen) atoms. The van der Waals surface area contributed by atoms with Gasteiger partial charge in [-0.25, -0.2) is 0 Å². The summed E-state index contributed by atoms with van der Waals surface area (Å²) in [7, 11) is 0. The Hall–Kier alpha value is -3.96. The van der Waals surface area contributed by atoms with Gasteiger partial charge in [-0.3, -0.25) is 9.59 Å². The highest BCUT2D eigenvalue weighted by molar-refractivity contribution is 6.05. The topological polar surface area (TPSA) is 117 Å². The standard InChI is InChI=1S/C28H30N4O4/c1-17-7-8-21(31-26(33)19-10-18(15-29)11-20(12-19)28(2,3)4)13-23(17)24-14-25(36-32-24)27(34)30-16-22-6-5-9-35-22/h7-8,10-14,22H,5-6,9,16H2,1-4H3,(H,30,34)(H,31,33). The molecule has 1 aliphatic heterocycles. The van der Waals surface area contributed by atoms with Crippen LogP contribution in [0.2, 0.25) is 0 Å².